The highest BCUT2D eigenvalue weighted by Gasteiger charge is 2.73. The van der Waals surface area contributed by atoms with E-state index in [-0.39, 0.29) is 34.4 Å². The molecule has 10 rings (SSSR count). The first-order chi connectivity index (χ1) is 25.1. The van der Waals surface area contributed by atoms with Crippen molar-refractivity contribution in [1.82, 2.24) is 4.90 Å². The van der Waals surface area contributed by atoms with Gasteiger partial charge in [0.25, 0.3) is 0 Å². The highest BCUT2D eigenvalue weighted by molar-refractivity contribution is 5.26. The van der Waals surface area contributed by atoms with Gasteiger partial charge in [0, 0.05) is 19.1 Å². The second-order valence-corrected chi connectivity index (χ2v) is 20.9. The predicted octanol–water partition coefficient (Wildman–Crippen LogP) is 9.03. The van der Waals surface area contributed by atoms with Crippen LogP contribution in [-0.2, 0) is 6.42 Å². The second-order valence-electron chi connectivity index (χ2n) is 20.9. The van der Waals surface area contributed by atoms with Crippen LogP contribution in [0.3, 0.4) is 0 Å². The summed E-state index contributed by atoms with van der Waals surface area (Å²) >= 11 is 0. The molecule has 2 saturated heterocycles. The quantitative estimate of drug-likeness (QED) is 0.291. The summed E-state index contributed by atoms with van der Waals surface area (Å²) in [5.41, 5.74) is 2.72. The van der Waals surface area contributed by atoms with Crippen LogP contribution < -0.4 is 0 Å². The third-order valence-electron chi connectivity index (χ3n) is 18.7. The van der Waals surface area contributed by atoms with E-state index in [1.807, 2.05) is 0 Å². The lowest BCUT2D eigenvalue weighted by Gasteiger charge is -2.68. The van der Waals surface area contributed by atoms with Gasteiger partial charge in [-0.1, -0.05) is 74.0 Å². The molecule has 4 heteroatoms. The average Bonchev–Trinajstić information content (AvgIpc) is 3.70. The van der Waals surface area contributed by atoms with Gasteiger partial charge >= 0.3 is 0 Å². The standard InChI is InChI=1S/C48H67NO3/c1-31-14-17-43-45(2,52)38-15-16-39-36(37(38)29-49(43)28-31)24-42-47(39)19-9-20-48(42)30-46(44(51)25-40(48)41(50)27-47)21-18-33(26-46)23-35(34-12-7-4-8-13-34)22-32-10-5-3-6-11-32/h3-8,10-13,31,33,35-44,50-52H,9,14-30H2,1-2H3. The summed E-state index contributed by atoms with van der Waals surface area (Å²) in [7, 11) is 0. The molecule has 2 aromatic rings. The highest BCUT2D eigenvalue weighted by Crippen LogP contribution is 2.78. The summed E-state index contributed by atoms with van der Waals surface area (Å²) in [6, 6.07) is 22.6. The summed E-state index contributed by atoms with van der Waals surface area (Å²) in [4.78, 5) is 2.74. The number of aliphatic hydroxyl groups excluding tert-OH is 2. The zero-order valence-corrected chi connectivity index (χ0v) is 32.2. The molecule has 2 aliphatic heterocycles. The minimum Gasteiger partial charge on any atom is -0.393 e. The molecule has 282 valence electrons. The minimum absolute atomic E-state index is 0.00272. The lowest BCUT2D eigenvalue weighted by molar-refractivity contribution is -0.231. The van der Waals surface area contributed by atoms with Gasteiger partial charge in [-0.2, -0.15) is 0 Å². The Kier molecular flexibility index (Phi) is 8.46. The average molecular weight is 706 g/mol. The van der Waals surface area contributed by atoms with Gasteiger partial charge in [-0.3, -0.25) is 4.90 Å². The van der Waals surface area contributed by atoms with E-state index >= 15 is 0 Å². The van der Waals surface area contributed by atoms with Crippen LogP contribution in [0.1, 0.15) is 127 Å². The monoisotopic (exact) mass is 706 g/mol. The Balaban J connectivity index is 0.938. The molecule has 8 fully saturated rings. The topological polar surface area (TPSA) is 63.9 Å². The Morgan fingerprint density at radius 2 is 1.52 bits per heavy atom. The molecule has 52 heavy (non-hydrogen) atoms. The van der Waals surface area contributed by atoms with E-state index in [0.29, 0.717) is 47.5 Å². The van der Waals surface area contributed by atoms with E-state index in [1.54, 1.807) is 0 Å². The number of hydrogen-bond acceptors (Lipinski definition) is 4. The van der Waals surface area contributed by atoms with Crippen LogP contribution in [0.2, 0.25) is 0 Å². The van der Waals surface area contributed by atoms with Crippen LogP contribution in [0.15, 0.2) is 60.7 Å². The molecule has 8 aliphatic rings. The van der Waals surface area contributed by atoms with Crippen LogP contribution in [0.4, 0.5) is 0 Å². The smallest absolute Gasteiger partial charge is 0.0805 e. The molecule has 2 heterocycles. The molecule has 16 atom stereocenters. The molecular formula is C48H67NO3. The molecule has 0 amide bonds. The number of nitrogens with zero attached hydrogens (tertiary/aromatic N) is 1. The number of aliphatic hydroxyl groups is 3. The Labute approximate surface area is 314 Å². The third kappa shape index (κ3) is 5.18. The molecule has 2 bridgehead atoms. The maximum absolute atomic E-state index is 12.3. The maximum atomic E-state index is 12.3. The van der Waals surface area contributed by atoms with E-state index < -0.39 is 5.60 Å². The summed E-state index contributed by atoms with van der Waals surface area (Å²) in [5, 5.41) is 36.9. The summed E-state index contributed by atoms with van der Waals surface area (Å²) < 4.78 is 0. The van der Waals surface area contributed by atoms with Crippen molar-refractivity contribution in [2.75, 3.05) is 13.1 Å². The van der Waals surface area contributed by atoms with Gasteiger partial charge in [0.15, 0.2) is 0 Å². The Morgan fingerprint density at radius 1 is 0.769 bits per heavy atom. The first-order valence-electron chi connectivity index (χ1n) is 22.0. The van der Waals surface area contributed by atoms with E-state index in [2.05, 4.69) is 79.4 Å². The van der Waals surface area contributed by atoms with Crippen molar-refractivity contribution in [1.29, 1.82) is 0 Å². The number of piperidine rings is 2. The van der Waals surface area contributed by atoms with Crippen LogP contribution in [0.5, 0.6) is 0 Å². The second kappa shape index (κ2) is 12.7. The lowest BCUT2D eigenvalue weighted by atomic mass is 9.38. The van der Waals surface area contributed by atoms with Crippen LogP contribution in [0, 0.1) is 63.6 Å². The molecule has 6 saturated carbocycles. The fraction of sp³-hybridized carbons (Fsp3) is 0.750. The van der Waals surface area contributed by atoms with Gasteiger partial charge < -0.3 is 15.3 Å². The van der Waals surface area contributed by atoms with E-state index in [4.69, 9.17) is 0 Å². The van der Waals surface area contributed by atoms with Crippen molar-refractivity contribution < 1.29 is 15.3 Å². The molecule has 0 radical (unpaired) electrons. The van der Waals surface area contributed by atoms with Crippen LogP contribution >= 0.6 is 0 Å². The molecule has 4 nitrogen and oxygen atoms in total. The first kappa shape index (κ1) is 34.7. The Morgan fingerprint density at radius 3 is 2.33 bits per heavy atom. The molecule has 2 spiro atoms. The van der Waals surface area contributed by atoms with Gasteiger partial charge in [0.05, 0.1) is 17.8 Å². The molecular weight excluding hydrogens is 639 g/mol. The Bertz CT molecular complexity index is 1590. The van der Waals surface area contributed by atoms with E-state index in [9.17, 15) is 15.3 Å². The zero-order valence-electron chi connectivity index (χ0n) is 32.2. The van der Waals surface area contributed by atoms with Crippen molar-refractivity contribution in [2.24, 2.45) is 63.6 Å². The van der Waals surface area contributed by atoms with Gasteiger partial charge in [-0.25, -0.2) is 0 Å². The van der Waals surface area contributed by atoms with E-state index in [0.717, 1.165) is 57.4 Å². The first-order valence-corrected chi connectivity index (χ1v) is 22.0. The molecule has 16 unspecified atom stereocenters. The molecule has 6 aliphatic carbocycles. The fourth-order valence-corrected chi connectivity index (χ4v) is 17.0. The van der Waals surface area contributed by atoms with Gasteiger partial charge in [-0.05, 0) is 184 Å². The van der Waals surface area contributed by atoms with Crippen LogP contribution in [-0.4, -0.2) is 57.2 Å². The van der Waals surface area contributed by atoms with Crippen molar-refractivity contribution in [2.45, 2.75) is 146 Å². The van der Waals surface area contributed by atoms with E-state index in [1.165, 1.54) is 75.5 Å². The fourth-order valence-electron chi connectivity index (χ4n) is 17.0. The predicted molar refractivity (Wildman–Crippen MR) is 207 cm³/mol. The SMILES string of the molecule is CC1CCC2N(C1)CC1C3CC4C56CCCC4(CC(O)C5CC(O)C4(CCC(CC(Cc5ccccc5)c5ccccc5)C4)C6)C3CCC1C2(C)O. The zero-order chi connectivity index (χ0) is 35.5. The molecule has 0 aromatic heterocycles. The van der Waals surface area contributed by atoms with Gasteiger partial charge in [0.2, 0.25) is 0 Å². The summed E-state index contributed by atoms with van der Waals surface area (Å²) in [5.74, 6) is 5.16. The Hall–Kier alpha value is -1.72. The van der Waals surface area contributed by atoms with Gasteiger partial charge in [-0.15, -0.1) is 0 Å². The third-order valence-corrected chi connectivity index (χ3v) is 18.7. The van der Waals surface area contributed by atoms with Crippen molar-refractivity contribution in [3.05, 3.63) is 71.8 Å². The van der Waals surface area contributed by atoms with Crippen molar-refractivity contribution in [3.63, 3.8) is 0 Å². The molecule has 2 aromatic carbocycles. The van der Waals surface area contributed by atoms with Crippen LogP contribution in [0.25, 0.3) is 0 Å². The number of hydrogen-bond donors (Lipinski definition) is 3. The maximum Gasteiger partial charge on any atom is 0.0805 e. The number of fused-ring (bicyclic) bond motifs is 4. The molecule has 3 N–H and O–H groups in total. The largest absolute Gasteiger partial charge is 0.393 e. The summed E-state index contributed by atoms with van der Waals surface area (Å²) in [6.45, 7) is 6.98. The minimum atomic E-state index is -0.592. The normalized spacial score (nSPS) is 50.1. The van der Waals surface area contributed by atoms with Crippen molar-refractivity contribution >= 4 is 0 Å². The number of rotatable bonds is 5. The summed E-state index contributed by atoms with van der Waals surface area (Å²) in [6.07, 6.45) is 18.2. The highest BCUT2D eigenvalue weighted by atomic mass is 16.3. The lowest BCUT2D eigenvalue weighted by Crippen LogP contribution is -2.67. The van der Waals surface area contributed by atoms with Gasteiger partial charge in [0.1, 0.15) is 0 Å². The number of benzene rings is 2. The van der Waals surface area contributed by atoms with Crippen molar-refractivity contribution in [3.8, 4) is 0 Å².